The molecule has 0 fully saturated rings. The number of rotatable bonds is 6. The van der Waals surface area contributed by atoms with Gasteiger partial charge in [-0.05, 0) is 35.4 Å². The minimum atomic E-state index is 1.16. The van der Waals surface area contributed by atoms with E-state index in [0.29, 0.717) is 0 Å². The first-order valence-electron chi connectivity index (χ1n) is 13.0. The molecule has 0 saturated carbocycles. The fourth-order valence-corrected chi connectivity index (χ4v) is 5.01. The summed E-state index contributed by atoms with van der Waals surface area (Å²) in [6.45, 7) is 0. The number of nitrogens with zero attached hydrogens (tertiary/aromatic N) is 4. The Bertz CT molecular complexity index is 1550. The van der Waals surface area contributed by atoms with Gasteiger partial charge in [0.15, 0.2) is 0 Å². The highest BCUT2D eigenvalue weighted by Crippen LogP contribution is 2.26. The fourth-order valence-electron chi connectivity index (χ4n) is 5.01. The first-order valence-corrected chi connectivity index (χ1v) is 13.0. The van der Waals surface area contributed by atoms with Crippen LogP contribution in [0.3, 0.4) is 0 Å². The molecule has 5 rings (SSSR count). The van der Waals surface area contributed by atoms with Gasteiger partial charge < -0.3 is 9.80 Å². The number of fused-ring (bicyclic) bond motifs is 2. The summed E-state index contributed by atoms with van der Waals surface area (Å²) in [4.78, 5) is 4.36. The molecule has 4 heteroatoms. The summed E-state index contributed by atoms with van der Waals surface area (Å²) in [5.74, 6) is 0. The van der Waals surface area contributed by atoms with E-state index in [1.54, 1.807) is 0 Å². The Kier molecular flexibility index (Phi) is 6.97. The second-order valence-electron chi connectivity index (χ2n) is 10.2. The Labute approximate surface area is 226 Å². The molecule has 0 radical (unpaired) electrons. The van der Waals surface area contributed by atoms with E-state index in [0.717, 1.165) is 11.4 Å². The average Bonchev–Trinajstić information content (AvgIpc) is 2.93. The van der Waals surface area contributed by atoms with E-state index in [2.05, 4.69) is 170 Å². The van der Waals surface area contributed by atoms with Crippen LogP contribution in [0.5, 0.6) is 0 Å². The van der Waals surface area contributed by atoms with Gasteiger partial charge in [0.25, 0.3) is 0 Å². The van der Waals surface area contributed by atoms with Crippen LogP contribution in [0.15, 0.2) is 84.9 Å². The first-order chi connectivity index (χ1) is 18.3. The third kappa shape index (κ3) is 4.90. The Hall–Kier alpha value is -4.44. The van der Waals surface area contributed by atoms with Gasteiger partial charge in [-0.15, -0.1) is 0 Å². The van der Waals surface area contributed by atoms with Crippen molar-refractivity contribution < 1.29 is 9.13 Å². The van der Waals surface area contributed by atoms with Gasteiger partial charge in [0.2, 0.25) is 22.4 Å². The Morgan fingerprint density at radius 1 is 0.500 bits per heavy atom. The van der Waals surface area contributed by atoms with Crippen molar-refractivity contribution in [2.75, 3.05) is 38.0 Å². The lowest BCUT2D eigenvalue weighted by Crippen LogP contribution is -2.33. The molecule has 4 nitrogen and oxygen atoms in total. The molecule has 5 aromatic rings. The summed E-state index contributed by atoms with van der Waals surface area (Å²) in [6, 6.07) is 30.3. The van der Waals surface area contributed by atoms with E-state index in [-0.39, 0.29) is 0 Å². The SMILES string of the molecule is CN(C)c1cc(/C=C/c2ccc(/C=C/c3cc(N(C)C)c4ccccc4[n+]3C)cc2)[n+](C)c2ccccc12. The zero-order valence-electron chi connectivity index (χ0n) is 23.2. The van der Waals surface area contributed by atoms with Gasteiger partial charge >= 0.3 is 0 Å². The van der Waals surface area contributed by atoms with E-state index < -0.39 is 0 Å². The number of anilines is 2. The number of aryl methyl sites for hydroxylation is 2. The summed E-state index contributed by atoms with van der Waals surface area (Å²) in [5.41, 5.74) is 9.56. The summed E-state index contributed by atoms with van der Waals surface area (Å²) in [5, 5.41) is 2.51. The van der Waals surface area contributed by atoms with Gasteiger partial charge in [-0.2, -0.15) is 9.13 Å². The Morgan fingerprint density at radius 3 is 1.24 bits per heavy atom. The first kappa shape index (κ1) is 25.2. The summed E-state index contributed by atoms with van der Waals surface area (Å²) in [7, 11) is 12.6. The van der Waals surface area contributed by atoms with Crippen LogP contribution in [0.25, 0.3) is 46.1 Å². The van der Waals surface area contributed by atoms with E-state index in [1.807, 2.05) is 0 Å². The third-order valence-electron chi connectivity index (χ3n) is 7.22. The van der Waals surface area contributed by atoms with E-state index in [1.165, 1.54) is 44.3 Å². The van der Waals surface area contributed by atoms with Gasteiger partial charge in [0.1, 0.15) is 14.1 Å². The van der Waals surface area contributed by atoms with Crippen LogP contribution in [-0.2, 0) is 14.1 Å². The molecule has 0 spiro atoms. The van der Waals surface area contributed by atoms with Crippen LogP contribution in [0, 0.1) is 0 Å². The maximum atomic E-state index is 2.25. The van der Waals surface area contributed by atoms with E-state index in [4.69, 9.17) is 0 Å². The standard InChI is InChI=1S/C34H36N4/c1-35(2)33-23-27(37(5)31-13-9-7-11-29(31)33)21-19-25-15-17-26(18-16-25)20-22-28-24-34(36(3)4)30-12-8-10-14-32(30)38(28)6/h7-24H,1-6H3/q+2/b21-19+,22-20+. The van der Waals surface area contributed by atoms with Gasteiger partial charge in [0.05, 0.1) is 22.1 Å². The van der Waals surface area contributed by atoms with Crippen molar-refractivity contribution in [2.24, 2.45) is 14.1 Å². The van der Waals surface area contributed by atoms with Gasteiger partial charge in [0, 0.05) is 64.6 Å². The van der Waals surface area contributed by atoms with Crippen molar-refractivity contribution in [3.05, 3.63) is 107 Å². The second kappa shape index (κ2) is 10.5. The van der Waals surface area contributed by atoms with Crippen molar-refractivity contribution >= 4 is 57.5 Å². The molecule has 38 heavy (non-hydrogen) atoms. The van der Waals surface area contributed by atoms with Gasteiger partial charge in [-0.25, -0.2) is 0 Å². The highest BCUT2D eigenvalue weighted by molar-refractivity contribution is 5.91. The third-order valence-corrected chi connectivity index (χ3v) is 7.22. The van der Waals surface area contributed by atoms with Crippen LogP contribution < -0.4 is 18.9 Å². The normalized spacial score (nSPS) is 11.7. The molecule has 0 amide bonds. The Morgan fingerprint density at radius 2 is 0.868 bits per heavy atom. The number of hydrogen-bond donors (Lipinski definition) is 0. The molecule has 2 heterocycles. The van der Waals surface area contributed by atoms with Crippen molar-refractivity contribution in [1.29, 1.82) is 0 Å². The average molecular weight is 501 g/mol. The number of para-hydroxylation sites is 2. The summed E-state index contributed by atoms with van der Waals surface area (Å²) < 4.78 is 4.50. The molecule has 0 aliphatic rings. The molecule has 0 saturated heterocycles. The van der Waals surface area contributed by atoms with Crippen molar-refractivity contribution in [3.8, 4) is 0 Å². The van der Waals surface area contributed by atoms with Gasteiger partial charge in [-0.1, -0.05) is 48.5 Å². The van der Waals surface area contributed by atoms with Gasteiger partial charge in [-0.3, -0.25) is 0 Å². The minimum Gasteiger partial charge on any atom is -0.377 e. The van der Waals surface area contributed by atoms with E-state index in [9.17, 15) is 0 Å². The predicted molar refractivity (Wildman–Crippen MR) is 163 cm³/mol. The number of hydrogen-bond acceptors (Lipinski definition) is 2. The zero-order chi connectivity index (χ0) is 26.8. The second-order valence-corrected chi connectivity index (χ2v) is 10.2. The lowest BCUT2D eigenvalue weighted by Gasteiger charge is -2.15. The molecule has 0 atom stereocenters. The number of pyridine rings is 2. The number of aromatic nitrogens is 2. The van der Waals surface area contributed by atoms with Crippen LogP contribution in [0.4, 0.5) is 11.4 Å². The summed E-state index contributed by atoms with van der Waals surface area (Å²) >= 11 is 0. The molecule has 0 aliphatic heterocycles. The molecular formula is C34H36N4+2. The zero-order valence-corrected chi connectivity index (χ0v) is 23.2. The van der Waals surface area contributed by atoms with E-state index >= 15 is 0 Å². The quantitative estimate of drug-likeness (QED) is 0.261. The maximum Gasteiger partial charge on any atom is 0.214 e. The molecule has 0 bridgehead atoms. The molecular weight excluding hydrogens is 464 g/mol. The molecule has 0 aliphatic carbocycles. The molecule has 3 aromatic carbocycles. The predicted octanol–water partition coefficient (Wildman–Crippen LogP) is 6.11. The van der Waals surface area contributed by atoms with Crippen LogP contribution in [0.2, 0.25) is 0 Å². The highest BCUT2D eigenvalue weighted by Gasteiger charge is 2.16. The van der Waals surface area contributed by atoms with Crippen LogP contribution >= 0.6 is 0 Å². The molecule has 0 N–H and O–H groups in total. The minimum absolute atomic E-state index is 1.16. The monoisotopic (exact) mass is 500 g/mol. The Balaban J connectivity index is 1.41. The largest absolute Gasteiger partial charge is 0.377 e. The van der Waals surface area contributed by atoms with Crippen molar-refractivity contribution in [3.63, 3.8) is 0 Å². The smallest absolute Gasteiger partial charge is 0.214 e. The topological polar surface area (TPSA) is 14.2 Å². The van der Waals surface area contributed by atoms with Crippen molar-refractivity contribution in [2.45, 2.75) is 0 Å². The highest BCUT2D eigenvalue weighted by atomic mass is 15.1. The lowest BCUT2D eigenvalue weighted by molar-refractivity contribution is -0.646. The molecule has 0 unspecified atom stereocenters. The maximum absolute atomic E-state index is 2.25. The van der Waals surface area contributed by atoms with Crippen LogP contribution in [-0.4, -0.2) is 28.2 Å². The van der Waals surface area contributed by atoms with Crippen molar-refractivity contribution in [1.82, 2.24) is 0 Å². The molecule has 190 valence electrons. The molecule has 2 aromatic heterocycles. The fraction of sp³-hybridized carbons (Fsp3) is 0.176. The number of benzene rings is 3. The summed E-state index contributed by atoms with van der Waals surface area (Å²) in [6.07, 6.45) is 8.76. The van der Waals surface area contributed by atoms with Crippen LogP contribution in [0.1, 0.15) is 22.5 Å². The lowest BCUT2D eigenvalue weighted by atomic mass is 10.1.